The number of hydrogen-bond acceptors (Lipinski definition) is 4. The van der Waals surface area contributed by atoms with E-state index < -0.39 is 5.91 Å². The second-order valence-corrected chi connectivity index (χ2v) is 6.97. The molecule has 3 rings (SSSR count). The van der Waals surface area contributed by atoms with E-state index in [-0.39, 0.29) is 24.8 Å². The third-order valence-electron chi connectivity index (χ3n) is 4.28. The van der Waals surface area contributed by atoms with Gasteiger partial charge in [0.05, 0.1) is 6.54 Å². The average Bonchev–Trinajstić information content (AvgIpc) is 3.18. The van der Waals surface area contributed by atoms with Crippen molar-refractivity contribution >= 4 is 29.1 Å². The molecule has 1 heterocycles. The van der Waals surface area contributed by atoms with Crippen molar-refractivity contribution in [3.05, 3.63) is 82.3 Å². The molecule has 6 nitrogen and oxygen atoms in total. The molecule has 29 heavy (non-hydrogen) atoms. The maximum absolute atomic E-state index is 12.2. The predicted molar refractivity (Wildman–Crippen MR) is 111 cm³/mol. The largest absolute Gasteiger partial charge is 0.486 e. The molecule has 0 unspecified atom stereocenters. The van der Waals surface area contributed by atoms with E-state index in [1.54, 1.807) is 30.3 Å². The molecule has 2 aromatic carbocycles. The van der Waals surface area contributed by atoms with Crippen LogP contribution in [0.1, 0.15) is 27.4 Å². The van der Waals surface area contributed by atoms with Crippen LogP contribution in [0.2, 0.25) is 5.02 Å². The summed E-state index contributed by atoms with van der Waals surface area (Å²) in [6.45, 7) is 3.97. The van der Waals surface area contributed by atoms with E-state index in [0.717, 1.165) is 11.1 Å². The second kappa shape index (κ2) is 9.30. The van der Waals surface area contributed by atoms with Crippen LogP contribution in [0.4, 0.5) is 5.69 Å². The maximum Gasteiger partial charge on any atom is 0.287 e. The Morgan fingerprint density at radius 1 is 1.00 bits per heavy atom. The van der Waals surface area contributed by atoms with Gasteiger partial charge in [-0.2, -0.15) is 0 Å². The summed E-state index contributed by atoms with van der Waals surface area (Å²) in [4.78, 5) is 24.2. The van der Waals surface area contributed by atoms with Crippen molar-refractivity contribution in [3.63, 3.8) is 0 Å². The number of furan rings is 1. The summed E-state index contributed by atoms with van der Waals surface area (Å²) in [7, 11) is 0. The van der Waals surface area contributed by atoms with E-state index in [9.17, 15) is 9.59 Å². The van der Waals surface area contributed by atoms with Crippen LogP contribution in [0, 0.1) is 13.8 Å². The van der Waals surface area contributed by atoms with E-state index in [2.05, 4.69) is 10.6 Å². The first-order valence-electron chi connectivity index (χ1n) is 9.03. The first-order valence-corrected chi connectivity index (χ1v) is 9.41. The quantitative estimate of drug-likeness (QED) is 0.598. The first kappa shape index (κ1) is 20.5. The van der Waals surface area contributed by atoms with Crippen molar-refractivity contribution in [2.24, 2.45) is 0 Å². The van der Waals surface area contributed by atoms with Crippen LogP contribution in [-0.4, -0.2) is 18.4 Å². The standard InChI is InChI=1S/C22H21ClN2O4/c1-14-3-6-17(11-15(14)2)25-21(26)12-24-22(27)20-10-9-19(29-20)13-28-18-7-4-16(23)5-8-18/h3-11H,12-13H2,1-2H3,(H,24,27)(H,25,26). The van der Waals surface area contributed by atoms with Crippen LogP contribution in [0.15, 0.2) is 59.0 Å². The number of halogens is 1. The number of carbonyl (C=O) groups is 2. The average molecular weight is 413 g/mol. The normalized spacial score (nSPS) is 10.4. The molecule has 3 aromatic rings. The zero-order valence-electron chi connectivity index (χ0n) is 16.1. The fraction of sp³-hybridized carbons (Fsp3) is 0.182. The molecular weight excluding hydrogens is 392 g/mol. The lowest BCUT2D eigenvalue weighted by Gasteiger charge is -2.08. The third kappa shape index (κ3) is 5.86. The van der Waals surface area contributed by atoms with E-state index in [4.69, 9.17) is 20.8 Å². The van der Waals surface area contributed by atoms with Gasteiger partial charge in [-0.15, -0.1) is 0 Å². The molecule has 0 spiro atoms. The molecule has 1 aromatic heterocycles. The molecule has 2 N–H and O–H groups in total. The van der Waals surface area contributed by atoms with Crippen LogP contribution >= 0.6 is 11.6 Å². The SMILES string of the molecule is Cc1ccc(NC(=O)CNC(=O)c2ccc(COc3ccc(Cl)cc3)o2)cc1C. The number of ether oxygens (including phenoxy) is 1. The number of rotatable bonds is 7. The van der Waals surface area contributed by atoms with Gasteiger partial charge in [0.15, 0.2) is 5.76 Å². The summed E-state index contributed by atoms with van der Waals surface area (Å²) in [5.74, 6) is 0.445. The Hall–Kier alpha value is -3.25. The Balaban J connectivity index is 1.47. The molecule has 0 aliphatic rings. The van der Waals surface area contributed by atoms with Crippen molar-refractivity contribution in [1.29, 1.82) is 0 Å². The summed E-state index contributed by atoms with van der Waals surface area (Å²) < 4.78 is 11.1. The lowest BCUT2D eigenvalue weighted by molar-refractivity contribution is -0.115. The minimum atomic E-state index is -0.474. The topological polar surface area (TPSA) is 80.6 Å². The molecule has 7 heteroatoms. The summed E-state index contributed by atoms with van der Waals surface area (Å²) in [5, 5.41) is 5.91. The van der Waals surface area contributed by atoms with E-state index >= 15 is 0 Å². The molecule has 0 aliphatic carbocycles. The van der Waals surface area contributed by atoms with E-state index in [0.29, 0.717) is 22.2 Å². The highest BCUT2D eigenvalue weighted by Crippen LogP contribution is 2.18. The van der Waals surface area contributed by atoms with Gasteiger partial charge in [-0.3, -0.25) is 9.59 Å². The van der Waals surface area contributed by atoms with Gasteiger partial charge in [0.1, 0.15) is 18.1 Å². The van der Waals surface area contributed by atoms with Crippen molar-refractivity contribution in [2.45, 2.75) is 20.5 Å². The van der Waals surface area contributed by atoms with Crippen LogP contribution in [-0.2, 0) is 11.4 Å². The lowest BCUT2D eigenvalue weighted by Crippen LogP contribution is -2.32. The van der Waals surface area contributed by atoms with Gasteiger partial charge in [-0.05, 0) is 73.5 Å². The molecule has 0 aliphatic heterocycles. The van der Waals surface area contributed by atoms with Gasteiger partial charge in [-0.25, -0.2) is 0 Å². The van der Waals surface area contributed by atoms with Gasteiger partial charge in [-0.1, -0.05) is 17.7 Å². The molecule has 0 bridgehead atoms. The Morgan fingerprint density at radius 2 is 1.76 bits per heavy atom. The number of benzene rings is 2. The van der Waals surface area contributed by atoms with E-state index in [1.807, 2.05) is 32.0 Å². The van der Waals surface area contributed by atoms with Crippen LogP contribution in [0.25, 0.3) is 0 Å². The molecule has 0 fully saturated rings. The summed E-state index contributed by atoms with van der Waals surface area (Å²) in [6.07, 6.45) is 0. The number of aryl methyl sites for hydroxylation is 2. The van der Waals surface area contributed by atoms with Crippen LogP contribution in [0.3, 0.4) is 0 Å². The first-order chi connectivity index (χ1) is 13.9. The van der Waals surface area contributed by atoms with Gasteiger partial charge < -0.3 is 19.8 Å². The fourth-order valence-corrected chi connectivity index (χ4v) is 2.66. The highest BCUT2D eigenvalue weighted by molar-refractivity contribution is 6.30. The summed E-state index contributed by atoms with van der Waals surface area (Å²) in [5.41, 5.74) is 2.91. The van der Waals surface area contributed by atoms with Crippen molar-refractivity contribution in [2.75, 3.05) is 11.9 Å². The monoisotopic (exact) mass is 412 g/mol. The second-order valence-electron chi connectivity index (χ2n) is 6.54. The third-order valence-corrected chi connectivity index (χ3v) is 4.53. The van der Waals surface area contributed by atoms with E-state index in [1.165, 1.54) is 6.07 Å². The van der Waals surface area contributed by atoms with Crippen molar-refractivity contribution in [1.82, 2.24) is 5.32 Å². The lowest BCUT2D eigenvalue weighted by atomic mass is 10.1. The van der Waals surface area contributed by atoms with Crippen molar-refractivity contribution < 1.29 is 18.7 Å². The summed E-state index contributed by atoms with van der Waals surface area (Å²) in [6, 6.07) is 15.8. The Morgan fingerprint density at radius 3 is 2.48 bits per heavy atom. The molecular formula is C22H21ClN2O4. The Kier molecular flexibility index (Phi) is 6.57. The minimum Gasteiger partial charge on any atom is -0.486 e. The zero-order chi connectivity index (χ0) is 20.8. The molecule has 0 saturated heterocycles. The minimum absolute atomic E-state index is 0.110. The highest BCUT2D eigenvalue weighted by Gasteiger charge is 2.13. The highest BCUT2D eigenvalue weighted by atomic mass is 35.5. The summed E-state index contributed by atoms with van der Waals surface area (Å²) >= 11 is 5.83. The molecule has 0 atom stereocenters. The zero-order valence-corrected chi connectivity index (χ0v) is 16.9. The van der Waals surface area contributed by atoms with Gasteiger partial charge in [0.2, 0.25) is 5.91 Å². The van der Waals surface area contributed by atoms with Crippen molar-refractivity contribution in [3.8, 4) is 5.75 Å². The number of anilines is 1. The number of amides is 2. The Labute approximate surface area is 173 Å². The fourth-order valence-electron chi connectivity index (χ4n) is 2.53. The molecule has 0 radical (unpaired) electrons. The van der Waals surface area contributed by atoms with Gasteiger partial charge >= 0.3 is 0 Å². The van der Waals surface area contributed by atoms with Gasteiger partial charge in [0, 0.05) is 10.7 Å². The van der Waals surface area contributed by atoms with Crippen LogP contribution < -0.4 is 15.4 Å². The maximum atomic E-state index is 12.2. The Bertz CT molecular complexity index is 1010. The van der Waals surface area contributed by atoms with Crippen LogP contribution in [0.5, 0.6) is 5.75 Å². The van der Waals surface area contributed by atoms with Gasteiger partial charge in [0.25, 0.3) is 5.91 Å². The smallest absolute Gasteiger partial charge is 0.287 e. The number of hydrogen-bond donors (Lipinski definition) is 2. The molecule has 150 valence electrons. The molecule has 2 amide bonds. The number of carbonyl (C=O) groups excluding carboxylic acids is 2. The molecule has 0 saturated carbocycles. The number of nitrogens with one attached hydrogen (secondary N) is 2. The predicted octanol–water partition coefficient (Wildman–Crippen LogP) is 4.50.